The van der Waals surface area contributed by atoms with Crippen molar-refractivity contribution in [2.45, 2.75) is 12.8 Å². The number of aromatic nitrogens is 2. The zero-order valence-corrected chi connectivity index (χ0v) is 13.6. The van der Waals surface area contributed by atoms with E-state index in [0.29, 0.717) is 0 Å². The lowest BCUT2D eigenvalue weighted by Crippen LogP contribution is -1.88. The summed E-state index contributed by atoms with van der Waals surface area (Å²) in [5.41, 5.74) is 4.40. The van der Waals surface area contributed by atoms with Gasteiger partial charge in [-0.1, -0.05) is 58.4 Å². The number of hydrogen-bond donors (Lipinski definition) is 1. The Hall–Kier alpha value is -2.13. The molecule has 1 heterocycles. The van der Waals surface area contributed by atoms with Crippen LogP contribution < -0.4 is 0 Å². The Morgan fingerprint density at radius 2 is 1.86 bits per heavy atom. The van der Waals surface area contributed by atoms with E-state index in [1.165, 1.54) is 20.8 Å². The molecule has 0 bridgehead atoms. The van der Waals surface area contributed by atoms with E-state index in [2.05, 4.69) is 86.8 Å². The number of fused-ring (bicyclic) bond motifs is 1. The molecule has 0 saturated heterocycles. The van der Waals surface area contributed by atoms with Gasteiger partial charge in [0.05, 0.1) is 11.4 Å². The van der Waals surface area contributed by atoms with E-state index >= 15 is 0 Å². The zero-order chi connectivity index (χ0) is 14.9. The first-order valence-electron chi connectivity index (χ1n) is 7.41. The standard InChI is InChI=1S/C19H15BrN2/c20-17-7-3-6-15(11-17)18-12-19(22-21-18)16-9-8-13-4-1-2-5-14(13)10-16/h1-2,4-6,8-12H,3,7H2,(H,21,22). The molecule has 0 aliphatic heterocycles. The molecule has 0 unspecified atom stereocenters. The van der Waals surface area contributed by atoms with Gasteiger partial charge in [0.25, 0.3) is 0 Å². The first-order valence-corrected chi connectivity index (χ1v) is 8.20. The van der Waals surface area contributed by atoms with Crippen LogP contribution in [0.5, 0.6) is 0 Å². The first-order chi connectivity index (χ1) is 10.8. The van der Waals surface area contributed by atoms with Gasteiger partial charge in [-0.15, -0.1) is 0 Å². The molecule has 0 radical (unpaired) electrons. The zero-order valence-electron chi connectivity index (χ0n) is 12.0. The summed E-state index contributed by atoms with van der Waals surface area (Å²) in [6, 6.07) is 17.0. The maximum Gasteiger partial charge on any atom is 0.0927 e. The van der Waals surface area contributed by atoms with Crippen molar-refractivity contribution in [2.24, 2.45) is 0 Å². The highest BCUT2D eigenvalue weighted by Gasteiger charge is 2.10. The van der Waals surface area contributed by atoms with Gasteiger partial charge in [0, 0.05) is 5.56 Å². The molecule has 2 nitrogen and oxygen atoms in total. The third kappa shape index (κ3) is 2.53. The summed E-state index contributed by atoms with van der Waals surface area (Å²) < 4.78 is 1.24. The normalized spacial score (nSPS) is 14.8. The van der Waals surface area contributed by atoms with Crippen molar-refractivity contribution in [3.63, 3.8) is 0 Å². The Balaban J connectivity index is 1.72. The second-order valence-corrected chi connectivity index (χ2v) is 6.54. The molecular formula is C19H15BrN2. The topological polar surface area (TPSA) is 28.7 Å². The number of nitrogens with one attached hydrogen (secondary N) is 1. The number of rotatable bonds is 2. The average Bonchev–Trinajstić information content (AvgIpc) is 3.04. The van der Waals surface area contributed by atoms with Crippen LogP contribution in [-0.2, 0) is 0 Å². The number of allylic oxidation sites excluding steroid dienone is 4. The Morgan fingerprint density at radius 1 is 1.00 bits per heavy atom. The quantitative estimate of drug-likeness (QED) is 0.632. The lowest BCUT2D eigenvalue weighted by atomic mass is 10.0. The second kappa shape index (κ2) is 5.58. The predicted molar refractivity (Wildman–Crippen MR) is 95.8 cm³/mol. The van der Waals surface area contributed by atoms with Crippen LogP contribution in [0.15, 0.2) is 65.2 Å². The van der Waals surface area contributed by atoms with Crippen LogP contribution in [0, 0.1) is 0 Å². The van der Waals surface area contributed by atoms with E-state index in [4.69, 9.17) is 0 Å². The minimum absolute atomic E-state index is 0.983. The van der Waals surface area contributed by atoms with Crippen molar-refractivity contribution in [3.8, 4) is 11.3 Å². The van der Waals surface area contributed by atoms with Crippen molar-refractivity contribution < 1.29 is 0 Å². The molecule has 1 aliphatic carbocycles. The molecule has 3 aromatic rings. The molecule has 1 N–H and O–H groups in total. The van der Waals surface area contributed by atoms with Crippen LogP contribution in [0.1, 0.15) is 18.5 Å². The minimum Gasteiger partial charge on any atom is -0.277 e. The van der Waals surface area contributed by atoms with Gasteiger partial charge in [-0.2, -0.15) is 5.10 Å². The highest BCUT2D eigenvalue weighted by atomic mass is 79.9. The maximum atomic E-state index is 4.48. The van der Waals surface area contributed by atoms with Gasteiger partial charge < -0.3 is 0 Å². The summed E-state index contributed by atoms with van der Waals surface area (Å²) >= 11 is 3.59. The summed E-state index contributed by atoms with van der Waals surface area (Å²) in [7, 11) is 0. The Morgan fingerprint density at radius 3 is 2.73 bits per heavy atom. The molecule has 0 saturated carbocycles. The molecule has 22 heavy (non-hydrogen) atoms. The third-order valence-electron chi connectivity index (χ3n) is 3.99. The van der Waals surface area contributed by atoms with E-state index in [0.717, 1.165) is 29.8 Å². The first kappa shape index (κ1) is 13.5. The van der Waals surface area contributed by atoms with Crippen LogP contribution in [-0.4, -0.2) is 10.2 Å². The minimum atomic E-state index is 0.983. The fourth-order valence-corrected chi connectivity index (χ4v) is 3.29. The third-order valence-corrected chi connectivity index (χ3v) is 4.62. The van der Waals surface area contributed by atoms with Crippen molar-refractivity contribution >= 4 is 32.3 Å². The fraction of sp³-hybridized carbons (Fsp3) is 0.105. The lowest BCUT2D eigenvalue weighted by molar-refractivity contribution is 1.02. The Labute approximate surface area is 137 Å². The number of hydrogen-bond acceptors (Lipinski definition) is 1. The summed E-state index contributed by atoms with van der Waals surface area (Å²) in [6.07, 6.45) is 6.57. The van der Waals surface area contributed by atoms with E-state index in [1.807, 2.05) is 0 Å². The van der Waals surface area contributed by atoms with E-state index < -0.39 is 0 Å². The number of nitrogens with zero attached hydrogens (tertiary/aromatic N) is 1. The largest absolute Gasteiger partial charge is 0.277 e. The monoisotopic (exact) mass is 350 g/mol. The van der Waals surface area contributed by atoms with Crippen LogP contribution in [0.4, 0.5) is 0 Å². The molecule has 0 spiro atoms. The molecule has 108 valence electrons. The molecule has 0 amide bonds. The molecule has 1 aliphatic rings. The van der Waals surface area contributed by atoms with Crippen molar-refractivity contribution in [3.05, 3.63) is 70.9 Å². The summed E-state index contributed by atoms with van der Waals surface area (Å²) in [6.45, 7) is 0. The summed E-state index contributed by atoms with van der Waals surface area (Å²) in [4.78, 5) is 0. The fourth-order valence-electron chi connectivity index (χ4n) is 2.82. The van der Waals surface area contributed by atoms with Gasteiger partial charge in [-0.25, -0.2) is 0 Å². The van der Waals surface area contributed by atoms with Gasteiger partial charge >= 0.3 is 0 Å². The molecule has 0 fully saturated rings. The van der Waals surface area contributed by atoms with Gasteiger partial charge in [0.15, 0.2) is 0 Å². The van der Waals surface area contributed by atoms with Gasteiger partial charge in [-0.3, -0.25) is 5.10 Å². The van der Waals surface area contributed by atoms with Gasteiger partial charge in [-0.05, 0) is 51.9 Å². The number of benzene rings is 2. The molecule has 3 heteroatoms. The smallest absolute Gasteiger partial charge is 0.0927 e. The lowest BCUT2D eigenvalue weighted by Gasteiger charge is -2.07. The highest BCUT2D eigenvalue weighted by Crippen LogP contribution is 2.30. The molecule has 2 aromatic carbocycles. The molecule has 0 atom stereocenters. The summed E-state index contributed by atoms with van der Waals surface area (Å²) in [5, 5.41) is 10.1. The average molecular weight is 351 g/mol. The molecule has 4 rings (SSSR count). The number of halogens is 1. The van der Waals surface area contributed by atoms with E-state index in [9.17, 15) is 0 Å². The van der Waals surface area contributed by atoms with Crippen LogP contribution in [0.3, 0.4) is 0 Å². The van der Waals surface area contributed by atoms with Crippen LogP contribution in [0.25, 0.3) is 27.6 Å². The number of aromatic amines is 1. The van der Waals surface area contributed by atoms with Crippen LogP contribution >= 0.6 is 15.9 Å². The second-order valence-electron chi connectivity index (χ2n) is 5.52. The molecular weight excluding hydrogens is 336 g/mol. The molecule has 1 aromatic heterocycles. The van der Waals surface area contributed by atoms with E-state index in [-0.39, 0.29) is 0 Å². The highest BCUT2D eigenvalue weighted by molar-refractivity contribution is 9.11. The Kier molecular flexibility index (Phi) is 3.43. The number of H-pyrrole nitrogens is 1. The maximum absolute atomic E-state index is 4.48. The van der Waals surface area contributed by atoms with Gasteiger partial charge in [0.2, 0.25) is 0 Å². The summed E-state index contributed by atoms with van der Waals surface area (Å²) in [5.74, 6) is 0. The van der Waals surface area contributed by atoms with Crippen LogP contribution in [0.2, 0.25) is 0 Å². The predicted octanol–water partition coefficient (Wildman–Crippen LogP) is 5.69. The van der Waals surface area contributed by atoms with Gasteiger partial charge in [0.1, 0.15) is 0 Å². The Bertz CT molecular complexity index is 902. The van der Waals surface area contributed by atoms with Crippen molar-refractivity contribution in [1.82, 2.24) is 10.2 Å². The SMILES string of the molecule is BrC1=CC(c2cc(-c3ccc4ccccc4c3)n[nH]2)=CCC1. The van der Waals surface area contributed by atoms with Crippen molar-refractivity contribution in [1.29, 1.82) is 0 Å². The van der Waals surface area contributed by atoms with E-state index in [1.54, 1.807) is 0 Å². The van der Waals surface area contributed by atoms with Crippen molar-refractivity contribution in [2.75, 3.05) is 0 Å².